The molecule has 27 heavy (non-hydrogen) atoms. The second-order valence-corrected chi connectivity index (χ2v) is 6.09. The van der Waals surface area contributed by atoms with Crippen molar-refractivity contribution in [2.45, 2.75) is 32.2 Å². The van der Waals surface area contributed by atoms with Crippen LogP contribution in [0.3, 0.4) is 0 Å². The minimum atomic E-state index is -2.43. The predicted molar refractivity (Wildman–Crippen MR) is 115 cm³/mol. The minimum absolute atomic E-state index is 0. The fourth-order valence-electron chi connectivity index (χ4n) is 2.93. The summed E-state index contributed by atoms with van der Waals surface area (Å²) in [6.07, 6.45) is -0.660. The van der Waals surface area contributed by atoms with Crippen molar-refractivity contribution in [2.75, 3.05) is 45.3 Å². The number of ether oxygens (including phenoxy) is 2. The van der Waals surface area contributed by atoms with Crippen molar-refractivity contribution in [3.63, 3.8) is 0 Å². The molecule has 1 aliphatic rings. The van der Waals surface area contributed by atoms with Crippen molar-refractivity contribution in [1.29, 1.82) is 0 Å². The normalized spacial score (nSPS) is 15.3. The fraction of sp³-hybridized carbons (Fsp3) is 0.611. The molecular formula is C18H29F2IN4O2. The van der Waals surface area contributed by atoms with Crippen LogP contribution in [0.1, 0.15) is 19.8 Å². The summed E-state index contributed by atoms with van der Waals surface area (Å²) in [5.41, 5.74) is 1.05. The first-order chi connectivity index (χ1) is 12.5. The van der Waals surface area contributed by atoms with Gasteiger partial charge in [0, 0.05) is 49.6 Å². The first-order valence-corrected chi connectivity index (χ1v) is 8.86. The molecule has 2 rings (SSSR count). The van der Waals surface area contributed by atoms with Crippen LogP contribution in [-0.4, -0.2) is 58.8 Å². The van der Waals surface area contributed by atoms with E-state index in [9.17, 15) is 8.78 Å². The molecule has 2 N–H and O–H groups in total. The van der Waals surface area contributed by atoms with Crippen molar-refractivity contribution in [3.05, 3.63) is 18.2 Å². The van der Waals surface area contributed by atoms with Gasteiger partial charge in [-0.15, -0.1) is 24.0 Å². The summed E-state index contributed by atoms with van der Waals surface area (Å²) in [4.78, 5) is 6.20. The molecule has 1 fully saturated rings. The number of anilines is 1. The third-order valence-corrected chi connectivity index (χ3v) is 4.27. The predicted octanol–water partition coefficient (Wildman–Crippen LogP) is 3.11. The van der Waals surface area contributed by atoms with E-state index >= 15 is 0 Å². The van der Waals surface area contributed by atoms with E-state index < -0.39 is 13.0 Å². The summed E-state index contributed by atoms with van der Waals surface area (Å²) >= 11 is 0. The van der Waals surface area contributed by atoms with Gasteiger partial charge in [0.05, 0.1) is 14.2 Å². The Morgan fingerprint density at radius 3 is 2.26 bits per heavy atom. The van der Waals surface area contributed by atoms with Crippen molar-refractivity contribution in [1.82, 2.24) is 10.6 Å². The maximum atomic E-state index is 12.4. The summed E-state index contributed by atoms with van der Waals surface area (Å²) in [7, 11) is 3.27. The molecule has 1 aliphatic heterocycles. The summed E-state index contributed by atoms with van der Waals surface area (Å²) in [6.45, 7) is 3.76. The largest absolute Gasteiger partial charge is 0.497 e. The lowest BCUT2D eigenvalue weighted by atomic mass is 10.0. The highest BCUT2D eigenvalue weighted by Gasteiger charge is 2.21. The number of guanidine groups is 1. The molecule has 0 bridgehead atoms. The maximum Gasteiger partial charge on any atom is 0.257 e. The standard InChI is InChI=1S/C18H28F2N4O2.HI/c1-4-21-18(22-12-17(19)20)23-13-5-7-24(8-6-13)14-9-15(25-2)11-16(10-14)26-3;/h9-11,13,17H,4-8,12H2,1-3H3,(H2,21,22,23);1H. The lowest BCUT2D eigenvalue weighted by Crippen LogP contribution is -2.49. The second-order valence-electron chi connectivity index (χ2n) is 6.09. The Morgan fingerprint density at radius 2 is 1.78 bits per heavy atom. The Kier molecular flexibility index (Phi) is 10.5. The van der Waals surface area contributed by atoms with Gasteiger partial charge in [-0.3, -0.25) is 0 Å². The van der Waals surface area contributed by atoms with Gasteiger partial charge in [0.1, 0.15) is 18.0 Å². The number of rotatable bonds is 7. The number of hydrogen-bond donors (Lipinski definition) is 2. The van der Waals surface area contributed by atoms with Crippen LogP contribution in [0.5, 0.6) is 11.5 Å². The smallest absolute Gasteiger partial charge is 0.257 e. The monoisotopic (exact) mass is 498 g/mol. The highest BCUT2D eigenvalue weighted by atomic mass is 127. The number of benzene rings is 1. The Morgan fingerprint density at radius 1 is 1.19 bits per heavy atom. The topological polar surface area (TPSA) is 58.1 Å². The molecule has 0 aliphatic carbocycles. The number of aliphatic imine (C=N–C) groups is 1. The SMILES string of the molecule is CCNC(=NCC(F)F)NC1CCN(c2cc(OC)cc(OC)c2)CC1.I. The number of nitrogens with zero attached hydrogens (tertiary/aromatic N) is 2. The van der Waals surface area contributed by atoms with Gasteiger partial charge in [-0.1, -0.05) is 0 Å². The highest BCUT2D eigenvalue weighted by molar-refractivity contribution is 14.0. The Hall–Kier alpha value is -1.52. The van der Waals surface area contributed by atoms with Gasteiger partial charge in [0.2, 0.25) is 0 Å². The Bertz CT molecular complexity index is 574. The molecule has 0 atom stereocenters. The van der Waals surface area contributed by atoms with Crippen LogP contribution < -0.4 is 25.0 Å². The lowest BCUT2D eigenvalue weighted by molar-refractivity contribution is 0.158. The molecule has 1 heterocycles. The molecular weight excluding hydrogens is 469 g/mol. The van der Waals surface area contributed by atoms with E-state index in [4.69, 9.17) is 9.47 Å². The Balaban J connectivity index is 0.00000364. The van der Waals surface area contributed by atoms with E-state index in [1.165, 1.54) is 0 Å². The van der Waals surface area contributed by atoms with Gasteiger partial charge in [0.15, 0.2) is 5.96 Å². The summed E-state index contributed by atoms with van der Waals surface area (Å²) < 4.78 is 35.4. The first-order valence-electron chi connectivity index (χ1n) is 8.86. The first kappa shape index (κ1) is 23.5. The van der Waals surface area contributed by atoms with Crippen LogP contribution in [0.25, 0.3) is 0 Å². The van der Waals surface area contributed by atoms with Crippen molar-refractivity contribution in [2.24, 2.45) is 4.99 Å². The van der Waals surface area contributed by atoms with E-state index in [2.05, 4.69) is 20.5 Å². The van der Waals surface area contributed by atoms with Gasteiger partial charge < -0.3 is 25.0 Å². The summed E-state index contributed by atoms with van der Waals surface area (Å²) in [5, 5.41) is 6.28. The third-order valence-electron chi connectivity index (χ3n) is 4.27. The number of alkyl halides is 2. The van der Waals surface area contributed by atoms with Crippen LogP contribution in [0.15, 0.2) is 23.2 Å². The molecule has 0 amide bonds. The third kappa shape index (κ3) is 7.55. The molecule has 0 saturated carbocycles. The van der Waals surface area contributed by atoms with E-state index in [0.717, 1.165) is 43.1 Å². The van der Waals surface area contributed by atoms with Gasteiger partial charge in [-0.05, 0) is 19.8 Å². The summed E-state index contributed by atoms with van der Waals surface area (Å²) in [6, 6.07) is 6.03. The van der Waals surface area contributed by atoms with Crippen molar-refractivity contribution in [3.8, 4) is 11.5 Å². The highest BCUT2D eigenvalue weighted by Crippen LogP contribution is 2.30. The van der Waals surface area contributed by atoms with E-state index in [-0.39, 0.29) is 30.0 Å². The fourth-order valence-corrected chi connectivity index (χ4v) is 2.93. The van der Waals surface area contributed by atoms with Crippen LogP contribution in [0.2, 0.25) is 0 Å². The molecule has 0 radical (unpaired) electrons. The molecule has 0 aromatic heterocycles. The van der Waals surface area contributed by atoms with E-state index in [0.29, 0.717) is 12.5 Å². The lowest BCUT2D eigenvalue weighted by Gasteiger charge is -2.34. The van der Waals surface area contributed by atoms with Crippen LogP contribution in [-0.2, 0) is 0 Å². The van der Waals surface area contributed by atoms with Crippen LogP contribution >= 0.6 is 24.0 Å². The summed E-state index contributed by atoms with van der Waals surface area (Å²) in [5.74, 6) is 1.97. The molecule has 1 aromatic rings. The van der Waals surface area contributed by atoms with Gasteiger partial charge in [0.25, 0.3) is 6.43 Å². The Labute approximate surface area is 176 Å². The number of hydrogen-bond acceptors (Lipinski definition) is 4. The van der Waals surface area contributed by atoms with Gasteiger partial charge in [-0.2, -0.15) is 0 Å². The van der Waals surface area contributed by atoms with Crippen molar-refractivity contribution >= 4 is 35.6 Å². The quantitative estimate of drug-likeness (QED) is 0.344. The average Bonchev–Trinajstić information content (AvgIpc) is 2.66. The average molecular weight is 498 g/mol. The van der Waals surface area contributed by atoms with Crippen LogP contribution in [0, 0.1) is 0 Å². The molecule has 9 heteroatoms. The maximum absolute atomic E-state index is 12.4. The molecule has 1 aromatic carbocycles. The molecule has 0 unspecified atom stereocenters. The van der Waals surface area contributed by atoms with Crippen molar-refractivity contribution < 1.29 is 18.3 Å². The molecule has 154 valence electrons. The number of piperidine rings is 1. The molecule has 1 saturated heterocycles. The molecule has 0 spiro atoms. The molecule has 6 nitrogen and oxygen atoms in total. The van der Waals surface area contributed by atoms with Crippen LogP contribution in [0.4, 0.5) is 14.5 Å². The zero-order chi connectivity index (χ0) is 18.9. The zero-order valence-electron chi connectivity index (χ0n) is 16.0. The van der Waals surface area contributed by atoms with Gasteiger partial charge in [-0.25, -0.2) is 13.8 Å². The second kappa shape index (κ2) is 12.0. The zero-order valence-corrected chi connectivity index (χ0v) is 18.3. The van der Waals surface area contributed by atoms with Gasteiger partial charge >= 0.3 is 0 Å². The number of methoxy groups -OCH3 is 2. The minimum Gasteiger partial charge on any atom is -0.497 e. The number of nitrogens with one attached hydrogen (secondary N) is 2. The van der Waals surface area contributed by atoms with E-state index in [1.807, 2.05) is 25.1 Å². The number of halogens is 3. The van der Waals surface area contributed by atoms with E-state index in [1.54, 1.807) is 14.2 Å².